The van der Waals surface area contributed by atoms with Crippen molar-refractivity contribution in [3.63, 3.8) is 0 Å². The molecule has 1 saturated heterocycles. The number of amides is 2. The Balaban J connectivity index is 1.80. The molecule has 0 aromatic heterocycles. The summed E-state index contributed by atoms with van der Waals surface area (Å²) in [6, 6.07) is 0.725. The van der Waals surface area contributed by atoms with Crippen LogP contribution in [0.3, 0.4) is 0 Å². The van der Waals surface area contributed by atoms with Crippen LogP contribution in [0, 0.1) is 0 Å². The molecule has 17 heavy (non-hydrogen) atoms. The highest BCUT2D eigenvalue weighted by molar-refractivity contribution is 5.74. The Morgan fingerprint density at radius 1 is 1.18 bits per heavy atom. The van der Waals surface area contributed by atoms with Gasteiger partial charge in [0.05, 0.1) is 12.6 Å². The number of urea groups is 1. The highest BCUT2D eigenvalue weighted by Gasteiger charge is 2.24. The normalized spacial score (nSPS) is 26.5. The van der Waals surface area contributed by atoms with Gasteiger partial charge in [-0.2, -0.15) is 0 Å². The maximum Gasteiger partial charge on any atom is 0.317 e. The van der Waals surface area contributed by atoms with Crippen molar-refractivity contribution in [1.82, 2.24) is 10.2 Å². The third-order valence-electron chi connectivity index (χ3n) is 3.95. The van der Waals surface area contributed by atoms with Crippen molar-refractivity contribution in [3.8, 4) is 0 Å². The van der Waals surface area contributed by atoms with Crippen molar-refractivity contribution >= 4 is 6.03 Å². The molecule has 4 nitrogen and oxygen atoms in total. The van der Waals surface area contributed by atoms with E-state index in [2.05, 4.69) is 5.32 Å². The van der Waals surface area contributed by atoms with Crippen molar-refractivity contribution < 1.29 is 9.53 Å². The first kappa shape index (κ1) is 12.7. The molecule has 1 unspecified atom stereocenters. The summed E-state index contributed by atoms with van der Waals surface area (Å²) in [5, 5.41) is 3.06. The van der Waals surface area contributed by atoms with Crippen LogP contribution in [0.4, 0.5) is 4.79 Å². The van der Waals surface area contributed by atoms with Crippen molar-refractivity contribution in [3.05, 3.63) is 0 Å². The largest absolute Gasteiger partial charge is 0.379 e. The van der Waals surface area contributed by atoms with Crippen LogP contribution in [-0.4, -0.2) is 43.3 Å². The number of hydrogen-bond donors (Lipinski definition) is 1. The summed E-state index contributed by atoms with van der Waals surface area (Å²) in [5.74, 6) is 0. The van der Waals surface area contributed by atoms with Gasteiger partial charge in [0.25, 0.3) is 0 Å². The Labute approximate surface area is 104 Å². The second-order valence-corrected chi connectivity index (χ2v) is 5.27. The van der Waals surface area contributed by atoms with Crippen LogP contribution in [-0.2, 0) is 4.74 Å². The lowest BCUT2D eigenvalue weighted by Crippen LogP contribution is -2.47. The maximum atomic E-state index is 12.1. The zero-order valence-electron chi connectivity index (χ0n) is 10.8. The van der Waals surface area contributed by atoms with Gasteiger partial charge in [0.15, 0.2) is 0 Å². The number of hydrogen-bond acceptors (Lipinski definition) is 2. The van der Waals surface area contributed by atoms with Crippen LogP contribution < -0.4 is 5.32 Å². The molecule has 0 spiro atoms. The van der Waals surface area contributed by atoms with Gasteiger partial charge in [-0.3, -0.25) is 0 Å². The summed E-state index contributed by atoms with van der Waals surface area (Å²) in [6.07, 6.45) is 8.43. The maximum absolute atomic E-state index is 12.1. The summed E-state index contributed by atoms with van der Waals surface area (Å²) >= 11 is 0. The lowest BCUT2D eigenvalue weighted by molar-refractivity contribution is 0.170. The van der Waals surface area contributed by atoms with E-state index in [1.54, 1.807) is 0 Å². The molecular weight excluding hydrogens is 216 g/mol. The Bertz CT molecular complexity index is 244. The van der Waals surface area contributed by atoms with E-state index >= 15 is 0 Å². The highest BCUT2D eigenvalue weighted by Crippen LogP contribution is 2.21. The lowest BCUT2D eigenvalue weighted by Gasteiger charge is -2.28. The topological polar surface area (TPSA) is 41.6 Å². The Morgan fingerprint density at radius 3 is 2.47 bits per heavy atom. The van der Waals surface area contributed by atoms with E-state index in [9.17, 15) is 4.79 Å². The van der Waals surface area contributed by atoms with E-state index in [-0.39, 0.29) is 12.1 Å². The van der Waals surface area contributed by atoms with Crippen LogP contribution in [0.2, 0.25) is 0 Å². The van der Waals surface area contributed by atoms with Crippen LogP contribution >= 0.6 is 0 Å². The third kappa shape index (κ3) is 3.60. The van der Waals surface area contributed by atoms with Gasteiger partial charge in [-0.15, -0.1) is 0 Å². The van der Waals surface area contributed by atoms with Crippen molar-refractivity contribution in [2.24, 2.45) is 0 Å². The average molecular weight is 240 g/mol. The number of rotatable bonds is 2. The molecule has 1 N–H and O–H groups in total. The Hall–Kier alpha value is -0.770. The van der Waals surface area contributed by atoms with Gasteiger partial charge in [-0.1, -0.05) is 25.7 Å². The van der Waals surface area contributed by atoms with Gasteiger partial charge >= 0.3 is 6.03 Å². The lowest BCUT2D eigenvalue weighted by atomic mass is 10.1. The fourth-order valence-corrected chi connectivity index (χ4v) is 2.74. The number of carbonyl (C=O) groups excluding carboxylic acids is 1. The van der Waals surface area contributed by atoms with Crippen molar-refractivity contribution in [2.75, 3.05) is 20.3 Å². The molecule has 98 valence electrons. The molecule has 2 amide bonds. The SMILES string of the molecule is CN(C(=O)NC1CCOC1)C1CCCCCC1. The van der Waals surface area contributed by atoms with E-state index < -0.39 is 0 Å². The zero-order chi connectivity index (χ0) is 12.1. The van der Waals surface area contributed by atoms with Gasteiger partial charge < -0.3 is 15.0 Å². The number of nitrogens with zero attached hydrogens (tertiary/aromatic N) is 1. The van der Waals surface area contributed by atoms with Crippen molar-refractivity contribution in [2.45, 2.75) is 57.0 Å². The highest BCUT2D eigenvalue weighted by atomic mass is 16.5. The summed E-state index contributed by atoms with van der Waals surface area (Å²) < 4.78 is 5.27. The fraction of sp³-hybridized carbons (Fsp3) is 0.923. The average Bonchev–Trinajstić information content (AvgIpc) is 2.68. The first-order valence-electron chi connectivity index (χ1n) is 6.88. The summed E-state index contributed by atoms with van der Waals surface area (Å²) in [5.41, 5.74) is 0. The number of carbonyl (C=O) groups is 1. The monoisotopic (exact) mass is 240 g/mol. The van der Waals surface area contributed by atoms with Crippen LogP contribution in [0.5, 0.6) is 0 Å². The van der Waals surface area contributed by atoms with E-state index in [1.807, 2.05) is 11.9 Å². The van der Waals surface area contributed by atoms with Crippen molar-refractivity contribution in [1.29, 1.82) is 0 Å². The number of ether oxygens (including phenoxy) is 1. The molecule has 4 heteroatoms. The summed E-state index contributed by atoms with van der Waals surface area (Å²) in [6.45, 7) is 1.45. The Morgan fingerprint density at radius 2 is 1.88 bits per heavy atom. The van der Waals surface area contributed by atoms with E-state index in [0.717, 1.165) is 25.9 Å². The van der Waals surface area contributed by atoms with E-state index in [4.69, 9.17) is 4.74 Å². The van der Waals surface area contributed by atoms with Crippen LogP contribution in [0.15, 0.2) is 0 Å². The molecule has 2 rings (SSSR count). The first-order valence-corrected chi connectivity index (χ1v) is 6.88. The minimum Gasteiger partial charge on any atom is -0.379 e. The second-order valence-electron chi connectivity index (χ2n) is 5.27. The summed E-state index contributed by atoms with van der Waals surface area (Å²) in [7, 11) is 1.93. The standard InChI is InChI=1S/C13H24N2O2/c1-15(12-6-4-2-3-5-7-12)13(16)14-11-8-9-17-10-11/h11-12H,2-10H2,1H3,(H,14,16). The first-order chi connectivity index (χ1) is 8.27. The number of nitrogens with one attached hydrogen (secondary N) is 1. The minimum atomic E-state index is 0.0763. The molecule has 1 heterocycles. The quantitative estimate of drug-likeness (QED) is 0.751. The van der Waals surface area contributed by atoms with Crippen LogP contribution in [0.1, 0.15) is 44.9 Å². The predicted octanol–water partition coefficient (Wildman–Crippen LogP) is 2.14. The van der Waals surface area contributed by atoms with Gasteiger partial charge in [-0.25, -0.2) is 4.79 Å². The third-order valence-corrected chi connectivity index (χ3v) is 3.95. The summed E-state index contributed by atoms with van der Waals surface area (Å²) in [4.78, 5) is 14.0. The molecule has 1 aliphatic carbocycles. The smallest absolute Gasteiger partial charge is 0.317 e. The zero-order valence-corrected chi connectivity index (χ0v) is 10.8. The predicted molar refractivity (Wildman–Crippen MR) is 67.0 cm³/mol. The van der Waals surface area contributed by atoms with Gasteiger partial charge in [0.2, 0.25) is 0 Å². The Kier molecular flexibility index (Phi) is 4.66. The molecule has 1 aliphatic heterocycles. The molecule has 1 atom stereocenters. The molecule has 2 fully saturated rings. The van der Waals surface area contributed by atoms with E-state index in [1.165, 1.54) is 25.7 Å². The molecule has 1 saturated carbocycles. The molecule has 0 aromatic carbocycles. The molecular formula is C13H24N2O2. The minimum absolute atomic E-state index is 0.0763. The second kappa shape index (κ2) is 6.24. The molecule has 0 bridgehead atoms. The van der Waals surface area contributed by atoms with Crippen LogP contribution in [0.25, 0.3) is 0 Å². The van der Waals surface area contributed by atoms with E-state index in [0.29, 0.717) is 12.6 Å². The van der Waals surface area contributed by atoms with Gasteiger partial charge in [-0.05, 0) is 19.3 Å². The fourth-order valence-electron chi connectivity index (χ4n) is 2.74. The van der Waals surface area contributed by atoms with Gasteiger partial charge in [0.1, 0.15) is 0 Å². The molecule has 2 aliphatic rings. The molecule has 0 radical (unpaired) electrons. The van der Waals surface area contributed by atoms with Gasteiger partial charge in [0, 0.05) is 19.7 Å². The molecule has 0 aromatic rings.